The molecule has 0 radical (unpaired) electrons. The zero-order valence-corrected chi connectivity index (χ0v) is 12.2. The molecule has 2 aromatic rings. The SMILES string of the molecule is CN(Cc1nc2ccsc2c(=O)[nH]1)C(=O)C1CNC(=O)C1. The summed E-state index contributed by atoms with van der Waals surface area (Å²) in [6, 6.07) is 1.78. The topological polar surface area (TPSA) is 95.2 Å². The molecule has 2 amide bonds. The summed E-state index contributed by atoms with van der Waals surface area (Å²) in [6.45, 7) is 0.583. The average Bonchev–Trinajstić information content (AvgIpc) is 3.06. The molecule has 0 aromatic carbocycles. The number of amides is 2. The number of hydrogen-bond donors (Lipinski definition) is 2. The summed E-state index contributed by atoms with van der Waals surface area (Å²) in [5.74, 6) is -0.118. The van der Waals surface area contributed by atoms with E-state index in [1.165, 1.54) is 16.2 Å². The molecule has 110 valence electrons. The van der Waals surface area contributed by atoms with Gasteiger partial charge in [0.05, 0.1) is 18.0 Å². The fourth-order valence-electron chi connectivity index (χ4n) is 2.39. The van der Waals surface area contributed by atoms with E-state index in [0.717, 1.165) is 0 Å². The number of thiophene rings is 1. The Balaban J connectivity index is 1.76. The van der Waals surface area contributed by atoms with Crippen LogP contribution in [0, 0.1) is 5.92 Å². The first-order valence-electron chi connectivity index (χ1n) is 6.52. The zero-order chi connectivity index (χ0) is 15.0. The van der Waals surface area contributed by atoms with Crippen LogP contribution in [0.1, 0.15) is 12.2 Å². The Labute approximate surface area is 124 Å². The molecule has 0 bridgehead atoms. The second-order valence-electron chi connectivity index (χ2n) is 5.05. The summed E-state index contributed by atoms with van der Waals surface area (Å²) in [7, 11) is 1.64. The zero-order valence-electron chi connectivity index (χ0n) is 11.4. The van der Waals surface area contributed by atoms with Gasteiger partial charge in [0.2, 0.25) is 11.8 Å². The first-order valence-corrected chi connectivity index (χ1v) is 7.40. The summed E-state index contributed by atoms with van der Waals surface area (Å²) in [4.78, 5) is 43.8. The molecule has 0 spiro atoms. The maximum Gasteiger partial charge on any atom is 0.268 e. The van der Waals surface area contributed by atoms with Crippen molar-refractivity contribution in [2.24, 2.45) is 5.92 Å². The normalized spacial score (nSPS) is 18.0. The lowest BCUT2D eigenvalue weighted by atomic mass is 10.1. The molecule has 8 heteroatoms. The van der Waals surface area contributed by atoms with E-state index >= 15 is 0 Å². The van der Waals surface area contributed by atoms with Gasteiger partial charge in [0.1, 0.15) is 10.5 Å². The highest BCUT2D eigenvalue weighted by molar-refractivity contribution is 7.17. The molecule has 1 unspecified atom stereocenters. The van der Waals surface area contributed by atoms with Crippen molar-refractivity contribution in [3.63, 3.8) is 0 Å². The van der Waals surface area contributed by atoms with Crippen molar-refractivity contribution in [2.45, 2.75) is 13.0 Å². The summed E-state index contributed by atoms with van der Waals surface area (Å²) >= 11 is 1.34. The lowest BCUT2D eigenvalue weighted by Gasteiger charge is -2.19. The monoisotopic (exact) mass is 306 g/mol. The first-order chi connectivity index (χ1) is 10.0. The van der Waals surface area contributed by atoms with Crippen molar-refractivity contribution in [1.82, 2.24) is 20.2 Å². The maximum atomic E-state index is 12.2. The van der Waals surface area contributed by atoms with Crippen LogP contribution in [0.4, 0.5) is 0 Å². The van der Waals surface area contributed by atoms with Crippen LogP contribution in [0.5, 0.6) is 0 Å². The van der Waals surface area contributed by atoms with Crippen LogP contribution in [-0.4, -0.2) is 40.3 Å². The van der Waals surface area contributed by atoms with Crippen molar-refractivity contribution in [1.29, 1.82) is 0 Å². The molecule has 3 heterocycles. The Morgan fingerprint density at radius 2 is 2.33 bits per heavy atom. The highest BCUT2D eigenvalue weighted by Crippen LogP contribution is 2.15. The highest BCUT2D eigenvalue weighted by Gasteiger charge is 2.30. The summed E-state index contributed by atoms with van der Waals surface area (Å²) < 4.78 is 0.582. The quantitative estimate of drug-likeness (QED) is 0.839. The number of fused-ring (bicyclic) bond motifs is 1. The fourth-order valence-corrected chi connectivity index (χ4v) is 3.12. The van der Waals surface area contributed by atoms with Crippen LogP contribution in [0.25, 0.3) is 10.2 Å². The van der Waals surface area contributed by atoms with Crippen molar-refractivity contribution in [2.75, 3.05) is 13.6 Å². The van der Waals surface area contributed by atoms with E-state index in [9.17, 15) is 14.4 Å². The molecule has 1 atom stereocenters. The molecule has 1 fully saturated rings. The molecule has 3 rings (SSSR count). The van der Waals surface area contributed by atoms with E-state index in [4.69, 9.17) is 0 Å². The van der Waals surface area contributed by atoms with E-state index in [-0.39, 0.29) is 36.3 Å². The smallest absolute Gasteiger partial charge is 0.268 e. The third-order valence-corrected chi connectivity index (χ3v) is 4.36. The predicted octanol–water partition coefficient (Wildman–Crippen LogP) is 0.0791. The second kappa shape index (κ2) is 5.28. The van der Waals surface area contributed by atoms with Crippen molar-refractivity contribution >= 4 is 33.4 Å². The van der Waals surface area contributed by atoms with E-state index in [1.807, 2.05) is 0 Å². The Kier molecular flexibility index (Phi) is 3.46. The van der Waals surface area contributed by atoms with Crippen molar-refractivity contribution in [3.05, 3.63) is 27.6 Å². The van der Waals surface area contributed by atoms with E-state index in [0.29, 0.717) is 22.6 Å². The fraction of sp³-hybridized carbons (Fsp3) is 0.385. The van der Waals surface area contributed by atoms with Gasteiger partial charge in [-0.25, -0.2) is 4.98 Å². The number of carbonyl (C=O) groups excluding carboxylic acids is 2. The van der Waals surface area contributed by atoms with Gasteiger partial charge in [-0.2, -0.15) is 0 Å². The maximum absolute atomic E-state index is 12.2. The molecule has 1 saturated heterocycles. The van der Waals surface area contributed by atoms with Gasteiger partial charge in [0, 0.05) is 20.0 Å². The van der Waals surface area contributed by atoms with E-state index in [2.05, 4.69) is 15.3 Å². The molecular weight excluding hydrogens is 292 g/mol. The average molecular weight is 306 g/mol. The van der Waals surface area contributed by atoms with Crippen LogP contribution >= 0.6 is 11.3 Å². The van der Waals surface area contributed by atoms with Gasteiger partial charge in [-0.1, -0.05) is 0 Å². The predicted molar refractivity (Wildman–Crippen MR) is 77.8 cm³/mol. The van der Waals surface area contributed by atoms with Crippen LogP contribution in [0.3, 0.4) is 0 Å². The van der Waals surface area contributed by atoms with E-state index < -0.39 is 0 Å². The Morgan fingerprint density at radius 3 is 3.05 bits per heavy atom. The van der Waals surface area contributed by atoms with Gasteiger partial charge in [-0.05, 0) is 11.4 Å². The standard InChI is InChI=1S/C13H14N4O3S/c1-17(13(20)7-4-10(18)14-5-7)6-9-15-8-2-3-21-11(8)12(19)16-9/h2-3,7H,4-6H2,1H3,(H,14,18)(H,15,16,19). The second-order valence-corrected chi connectivity index (χ2v) is 5.96. The molecule has 21 heavy (non-hydrogen) atoms. The van der Waals surface area contributed by atoms with Crippen LogP contribution in [0.15, 0.2) is 16.2 Å². The molecule has 2 N–H and O–H groups in total. The molecule has 0 aliphatic carbocycles. The number of H-pyrrole nitrogens is 1. The summed E-state index contributed by atoms with van der Waals surface area (Å²) in [6.07, 6.45) is 0.219. The Morgan fingerprint density at radius 1 is 1.52 bits per heavy atom. The molecule has 2 aromatic heterocycles. The molecule has 1 aliphatic rings. The largest absolute Gasteiger partial charge is 0.355 e. The Hall–Kier alpha value is -2.22. The number of carbonyl (C=O) groups is 2. The van der Waals surface area contributed by atoms with Gasteiger partial charge < -0.3 is 15.2 Å². The van der Waals surface area contributed by atoms with Gasteiger partial charge in [-0.15, -0.1) is 11.3 Å². The lowest BCUT2D eigenvalue weighted by molar-refractivity contribution is -0.135. The number of aromatic amines is 1. The van der Waals surface area contributed by atoms with Gasteiger partial charge in [0.25, 0.3) is 5.56 Å². The minimum absolute atomic E-state index is 0.104. The molecule has 1 aliphatic heterocycles. The van der Waals surface area contributed by atoms with Crippen molar-refractivity contribution < 1.29 is 9.59 Å². The van der Waals surface area contributed by atoms with Crippen LogP contribution in [0.2, 0.25) is 0 Å². The summed E-state index contributed by atoms with van der Waals surface area (Å²) in [5.41, 5.74) is 0.445. The Bertz CT molecular complexity index is 766. The first kappa shape index (κ1) is 13.7. The van der Waals surface area contributed by atoms with Crippen molar-refractivity contribution in [3.8, 4) is 0 Å². The highest BCUT2D eigenvalue weighted by atomic mass is 32.1. The summed E-state index contributed by atoms with van der Waals surface area (Å²) in [5, 5.41) is 4.45. The minimum atomic E-state index is -0.334. The van der Waals surface area contributed by atoms with Gasteiger partial charge in [-0.3, -0.25) is 14.4 Å². The number of hydrogen-bond acceptors (Lipinski definition) is 5. The number of nitrogens with zero attached hydrogens (tertiary/aromatic N) is 2. The number of aromatic nitrogens is 2. The molecule has 7 nitrogen and oxygen atoms in total. The molecular formula is C13H14N4O3S. The van der Waals surface area contributed by atoms with E-state index in [1.54, 1.807) is 18.5 Å². The van der Waals surface area contributed by atoms with Gasteiger partial charge in [0.15, 0.2) is 0 Å². The van der Waals surface area contributed by atoms with Gasteiger partial charge >= 0.3 is 0 Å². The minimum Gasteiger partial charge on any atom is -0.355 e. The molecule has 0 saturated carbocycles. The third kappa shape index (κ3) is 2.66. The lowest BCUT2D eigenvalue weighted by Crippen LogP contribution is -2.34. The van der Waals surface area contributed by atoms with Crippen LogP contribution < -0.4 is 10.9 Å². The van der Waals surface area contributed by atoms with Crippen LogP contribution in [-0.2, 0) is 16.1 Å². The number of nitrogens with one attached hydrogen (secondary N) is 2. The number of rotatable bonds is 3. The third-order valence-electron chi connectivity index (χ3n) is 3.45.